The van der Waals surface area contributed by atoms with Crippen LogP contribution in [0.2, 0.25) is 0 Å². The lowest BCUT2D eigenvalue weighted by atomic mass is 9.95. The van der Waals surface area contributed by atoms with E-state index in [4.69, 9.17) is 0 Å². The van der Waals surface area contributed by atoms with Crippen molar-refractivity contribution >= 4 is 59.4 Å². The Kier molecular flexibility index (Phi) is 10.8. The Labute approximate surface area is 271 Å². The van der Waals surface area contributed by atoms with Crippen molar-refractivity contribution in [3.63, 3.8) is 0 Å². The Hall–Kier alpha value is -4.30. The zero-order chi connectivity index (χ0) is 31.8. The van der Waals surface area contributed by atoms with Crippen LogP contribution in [0.15, 0.2) is 71.1 Å². The Morgan fingerprint density at radius 1 is 0.933 bits per heavy atom. The number of hydrogen-bond acceptors (Lipinski definition) is 9. The summed E-state index contributed by atoms with van der Waals surface area (Å²) in [5.74, 6) is -0.758. The van der Waals surface area contributed by atoms with Gasteiger partial charge in [-0.25, -0.2) is 5.43 Å². The standard InChI is InChI=1S/C32H35BN6O4S2/c1-20(25-19-44-29(28(25)40)22-6-8-24(33)9-7-22)37-38-32(43)27-11-10-26(45-27)31(42)36-18-21-2-4-23(5-3-21)30(41)35-14-17-39-15-12-34-13-16-39/h2-11,19,34,40H,12-18,33H2,1H3,(H,35,41)(H,36,42)(H,38,43)/b37-20+. The first-order chi connectivity index (χ1) is 21.8. The van der Waals surface area contributed by atoms with Crippen molar-refractivity contribution in [2.75, 3.05) is 39.3 Å². The molecule has 1 aliphatic rings. The smallest absolute Gasteiger partial charge is 0.281 e. The molecule has 3 heterocycles. The second-order valence-corrected chi connectivity index (χ2v) is 12.7. The van der Waals surface area contributed by atoms with Gasteiger partial charge in [-0.15, -0.1) is 22.7 Å². The van der Waals surface area contributed by atoms with Crippen molar-refractivity contribution < 1.29 is 19.5 Å². The van der Waals surface area contributed by atoms with Crippen LogP contribution in [0.1, 0.15) is 47.8 Å². The molecule has 5 rings (SSSR count). The summed E-state index contributed by atoms with van der Waals surface area (Å²) in [4.78, 5) is 41.7. The second-order valence-electron chi connectivity index (χ2n) is 10.7. The van der Waals surface area contributed by atoms with E-state index in [1.54, 1.807) is 36.6 Å². The number of nitrogens with zero attached hydrogens (tertiary/aromatic N) is 2. The van der Waals surface area contributed by atoms with Crippen LogP contribution in [0, 0.1) is 0 Å². The largest absolute Gasteiger partial charge is 0.506 e. The maximum absolute atomic E-state index is 12.7. The van der Waals surface area contributed by atoms with Gasteiger partial charge in [0.15, 0.2) is 0 Å². The number of hydrogen-bond donors (Lipinski definition) is 5. The highest BCUT2D eigenvalue weighted by atomic mass is 32.1. The second kappa shape index (κ2) is 15.1. The molecule has 0 atom stereocenters. The molecule has 10 nitrogen and oxygen atoms in total. The minimum Gasteiger partial charge on any atom is -0.506 e. The van der Waals surface area contributed by atoms with E-state index in [1.807, 2.05) is 44.2 Å². The molecule has 45 heavy (non-hydrogen) atoms. The van der Waals surface area contributed by atoms with E-state index in [-0.39, 0.29) is 24.1 Å². The van der Waals surface area contributed by atoms with Crippen LogP contribution < -0.4 is 26.8 Å². The summed E-state index contributed by atoms with van der Waals surface area (Å²) in [5, 5.41) is 25.9. The summed E-state index contributed by atoms with van der Waals surface area (Å²) in [6, 6.07) is 18.2. The van der Waals surface area contributed by atoms with Gasteiger partial charge < -0.3 is 21.1 Å². The lowest BCUT2D eigenvalue weighted by Crippen LogP contribution is -2.46. The number of amides is 3. The van der Waals surface area contributed by atoms with Crippen molar-refractivity contribution in [3.05, 3.63) is 92.5 Å². The molecule has 0 spiro atoms. The number of carbonyl (C=O) groups is 3. The summed E-state index contributed by atoms with van der Waals surface area (Å²) < 4.78 is 0. The fourth-order valence-electron chi connectivity index (χ4n) is 4.76. The first-order valence-electron chi connectivity index (χ1n) is 14.7. The molecular formula is C32H35BN6O4S2. The van der Waals surface area contributed by atoms with E-state index in [2.05, 4.69) is 31.4 Å². The van der Waals surface area contributed by atoms with Crippen molar-refractivity contribution in [1.82, 2.24) is 26.3 Å². The van der Waals surface area contributed by atoms with E-state index in [1.165, 1.54) is 11.3 Å². The van der Waals surface area contributed by atoms with Crippen LogP contribution in [0.5, 0.6) is 5.75 Å². The molecule has 1 aliphatic heterocycles. The molecule has 4 aromatic rings. The lowest BCUT2D eigenvalue weighted by Gasteiger charge is -2.27. The van der Waals surface area contributed by atoms with Gasteiger partial charge in [0.1, 0.15) is 13.6 Å². The minimum atomic E-state index is -0.450. The Bertz CT molecular complexity index is 1680. The molecule has 0 radical (unpaired) electrons. The lowest BCUT2D eigenvalue weighted by molar-refractivity contribution is 0.0940. The number of carbonyl (C=O) groups excluding carboxylic acids is 3. The number of piperazine rings is 1. The summed E-state index contributed by atoms with van der Waals surface area (Å²) in [5.41, 5.74) is 6.98. The van der Waals surface area contributed by atoms with E-state index in [9.17, 15) is 19.5 Å². The van der Waals surface area contributed by atoms with Crippen LogP contribution in [-0.4, -0.2) is 80.6 Å². The third-order valence-electron chi connectivity index (χ3n) is 7.44. The topological polar surface area (TPSA) is 135 Å². The number of rotatable bonds is 11. The summed E-state index contributed by atoms with van der Waals surface area (Å²) in [7, 11) is 2.01. The highest BCUT2D eigenvalue weighted by Gasteiger charge is 2.17. The molecule has 3 amide bonds. The molecule has 2 aromatic carbocycles. The molecule has 232 valence electrons. The van der Waals surface area contributed by atoms with Gasteiger partial charge in [0, 0.05) is 56.8 Å². The van der Waals surface area contributed by atoms with Crippen LogP contribution in [0.25, 0.3) is 10.4 Å². The third kappa shape index (κ3) is 8.46. The van der Waals surface area contributed by atoms with Gasteiger partial charge in [-0.3, -0.25) is 19.3 Å². The number of hydrazone groups is 1. The summed E-state index contributed by atoms with van der Waals surface area (Å²) in [6.07, 6.45) is 0. The van der Waals surface area contributed by atoms with Crippen LogP contribution in [0.3, 0.4) is 0 Å². The monoisotopic (exact) mass is 642 g/mol. The zero-order valence-electron chi connectivity index (χ0n) is 25.2. The van der Waals surface area contributed by atoms with Crippen LogP contribution in [-0.2, 0) is 6.54 Å². The zero-order valence-corrected chi connectivity index (χ0v) is 26.8. The molecule has 13 heteroatoms. The van der Waals surface area contributed by atoms with Gasteiger partial charge in [0.05, 0.1) is 25.9 Å². The average molecular weight is 643 g/mol. The van der Waals surface area contributed by atoms with Crippen LogP contribution >= 0.6 is 22.7 Å². The predicted octanol–water partition coefficient (Wildman–Crippen LogP) is 2.16. The van der Waals surface area contributed by atoms with Crippen LogP contribution in [0.4, 0.5) is 0 Å². The highest BCUT2D eigenvalue weighted by Crippen LogP contribution is 2.38. The predicted molar refractivity (Wildman–Crippen MR) is 183 cm³/mol. The van der Waals surface area contributed by atoms with Gasteiger partial charge in [-0.1, -0.05) is 41.9 Å². The van der Waals surface area contributed by atoms with E-state index in [0.717, 1.165) is 65.5 Å². The highest BCUT2D eigenvalue weighted by molar-refractivity contribution is 7.16. The fourth-order valence-corrected chi connectivity index (χ4v) is 6.58. The summed E-state index contributed by atoms with van der Waals surface area (Å²) in [6.45, 7) is 7.34. The maximum atomic E-state index is 12.7. The number of aromatic hydroxyl groups is 1. The quantitative estimate of drug-likeness (QED) is 0.0968. The molecule has 0 saturated carbocycles. The van der Waals surface area contributed by atoms with Crippen molar-refractivity contribution in [3.8, 4) is 16.2 Å². The molecule has 5 N–H and O–H groups in total. The van der Waals surface area contributed by atoms with Crippen molar-refractivity contribution in [1.29, 1.82) is 0 Å². The van der Waals surface area contributed by atoms with E-state index in [0.29, 0.717) is 33.1 Å². The fraction of sp³-hybridized carbons (Fsp3) is 0.250. The Morgan fingerprint density at radius 2 is 1.62 bits per heavy atom. The van der Waals surface area contributed by atoms with Gasteiger partial charge in [-0.05, 0) is 42.3 Å². The molecule has 1 fully saturated rings. The Balaban J connectivity index is 1.09. The van der Waals surface area contributed by atoms with E-state index >= 15 is 0 Å². The minimum absolute atomic E-state index is 0.119. The third-order valence-corrected chi connectivity index (χ3v) is 9.54. The number of thiophene rings is 2. The number of nitrogens with one attached hydrogen (secondary N) is 4. The maximum Gasteiger partial charge on any atom is 0.281 e. The van der Waals surface area contributed by atoms with Gasteiger partial charge in [-0.2, -0.15) is 5.10 Å². The number of benzene rings is 2. The van der Waals surface area contributed by atoms with Gasteiger partial charge in [0.2, 0.25) is 0 Å². The van der Waals surface area contributed by atoms with Crippen molar-refractivity contribution in [2.24, 2.45) is 5.10 Å². The summed E-state index contributed by atoms with van der Waals surface area (Å²) >= 11 is 2.47. The molecular weight excluding hydrogens is 607 g/mol. The molecule has 2 aromatic heterocycles. The SMILES string of the molecule is Bc1ccc(-c2scc(/C(C)=N/NC(=O)c3ccc(C(=O)NCc4ccc(C(=O)NCCN5CCNCC5)cc4)s3)c2O)cc1. The van der Waals surface area contributed by atoms with Gasteiger partial charge in [0.25, 0.3) is 17.7 Å². The van der Waals surface area contributed by atoms with Crippen molar-refractivity contribution in [2.45, 2.75) is 13.5 Å². The molecule has 1 saturated heterocycles. The Morgan fingerprint density at radius 3 is 2.33 bits per heavy atom. The first-order valence-corrected chi connectivity index (χ1v) is 16.4. The molecule has 0 unspecified atom stereocenters. The molecule has 0 aliphatic carbocycles. The average Bonchev–Trinajstić information content (AvgIpc) is 3.71. The normalized spacial score (nSPS) is 13.8. The molecule has 0 bridgehead atoms. The first kappa shape index (κ1) is 32.1. The van der Waals surface area contributed by atoms with Gasteiger partial charge >= 0.3 is 0 Å². The van der Waals surface area contributed by atoms with E-state index < -0.39 is 5.91 Å².